The Labute approximate surface area is 115 Å². The minimum atomic E-state index is 0.0636. The summed E-state index contributed by atoms with van der Waals surface area (Å²) in [6, 6.07) is 7.69. The first-order valence-electron chi connectivity index (χ1n) is 6.01. The number of nitrogens with zero attached hydrogens (tertiary/aromatic N) is 2. The zero-order valence-electron chi connectivity index (χ0n) is 10.4. The van der Waals surface area contributed by atoms with Crippen molar-refractivity contribution in [2.45, 2.75) is 6.92 Å². The van der Waals surface area contributed by atoms with Crippen LogP contribution in [0.5, 0.6) is 5.75 Å². The van der Waals surface area contributed by atoms with Gasteiger partial charge < -0.3 is 4.74 Å². The zero-order chi connectivity index (χ0) is 13.2. The van der Waals surface area contributed by atoms with E-state index >= 15 is 0 Å². The number of amides is 1. The van der Waals surface area contributed by atoms with E-state index in [1.54, 1.807) is 11.1 Å². The van der Waals surface area contributed by atoms with Gasteiger partial charge in [0.1, 0.15) is 5.75 Å². The van der Waals surface area contributed by atoms with Crippen LogP contribution in [-0.2, 0) is 4.79 Å². The van der Waals surface area contributed by atoms with Gasteiger partial charge >= 0.3 is 0 Å². The summed E-state index contributed by atoms with van der Waals surface area (Å²) in [4.78, 5) is 13.2. The van der Waals surface area contributed by atoms with Crippen molar-refractivity contribution >= 4 is 28.5 Å². The number of hydrazone groups is 1. The average Bonchev–Trinajstić information content (AvgIpc) is 2.81. The lowest BCUT2D eigenvalue weighted by atomic mass is 10.1. The maximum Gasteiger partial charge on any atom is 0.243 e. The molecule has 2 heterocycles. The van der Waals surface area contributed by atoms with Crippen molar-refractivity contribution in [2.75, 3.05) is 12.4 Å². The van der Waals surface area contributed by atoms with Gasteiger partial charge in [0.25, 0.3) is 0 Å². The fourth-order valence-corrected chi connectivity index (χ4v) is 2.68. The number of fused-ring (bicyclic) bond motifs is 1. The van der Waals surface area contributed by atoms with E-state index in [1.807, 2.05) is 31.2 Å². The van der Waals surface area contributed by atoms with Crippen LogP contribution in [0.2, 0.25) is 0 Å². The van der Waals surface area contributed by atoms with Crippen LogP contribution in [0.1, 0.15) is 12.5 Å². The van der Waals surface area contributed by atoms with E-state index in [1.165, 1.54) is 11.8 Å². The molecule has 6 heteroatoms. The van der Waals surface area contributed by atoms with Crippen LogP contribution in [-0.4, -0.2) is 28.3 Å². The maximum atomic E-state index is 11.7. The third kappa shape index (κ3) is 2.31. The van der Waals surface area contributed by atoms with Crippen LogP contribution in [0, 0.1) is 0 Å². The monoisotopic (exact) mass is 275 g/mol. The highest BCUT2D eigenvalue weighted by molar-refractivity contribution is 8.15. The summed E-state index contributed by atoms with van der Waals surface area (Å²) >= 11 is 1.44. The highest BCUT2D eigenvalue weighted by Crippen LogP contribution is 2.26. The lowest BCUT2D eigenvalue weighted by Gasteiger charge is -2.19. The lowest BCUT2D eigenvalue weighted by Crippen LogP contribution is -2.30. The minimum absolute atomic E-state index is 0.0636. The first kappa shape index (κ1) is 12.1. The fourth-order valence-electron chi connectivity index (χ4n) is 1.89. The molecule has 0 unspecified atom stereocenters. The molecule has 1 aromatic carbocycles. The summed E-state index contributed by atoms with van der Waals surface area (Å²) in [5.74, 6) is 1.35. The number of hydrogen-bond acceptors (Lipinski definition) is 5. The third-order valence-corrected chi connectivity index (χ3v) is 3.74. The Morgan fingerprint density at radius 1 is 1.42 bits per heavy atom. The zero-order valence-corrected chi connectivity index (χ0v) is 11.2. The predicted octanol–water partition coefficient (Wildman–Crippen LogP) is 1.83. The number of nitrogens with one attached hydrogen (secondary N) is 1. The van der Waals surface area contributed by atoms with Gasteiger partial charge in [-0.15, -0.1) is 5.10 Å². The van der Waals surface area contributed by atoms with Gasteiger partial charge in [0.2, 0.25) is 5.91 Å². The van der Waals surface area contributed by atoms with Crippen molar-refractivity contribution in [3.05, 3.63) is 36.0 Å². The Morgan fingerprint density at radius 2 is 2.21 bits per heavy atom. The molecule has 1 saturated heterocycles. The van der Waals surface area contributed by atoms with Crippen LogP contribution < -0.4 is 10.2 Å². The molecular weight excluding hydrogens is 262 g/mol. The van der Waals surface area contributed by atoms with Gasteiger partial charge in [-0.3, -0.25) is 15.1 Å². The van der Waals surface area contributed by atoms with Gasteiger partial charge in [-0.25, -0.2) is 0 Å². The Kier molecular flexibility index (Phi) is 3.16. The fraction of sp³-hybridized carbons (Fsp3) is 0.231. The average molecular weight is 275 g/mol. The molecule has 98 valence electrons. The molecule has 0 aliphatic carbocycles. The van der Waals surface area contributed by atoms with Gasteiger partial charge in [-0.1, -0.05) is 11.8 Å². The molecule has 2 aliphatic heterocycles. The van der Waals surface area contributed by atoms with E-state index in [9.17, 15) is 4.79 Å². The molecule has 19 heavy (non-hydrogen) atoms. The number of carbonyl (C=O) groups excluding carboxylic acids is 1. The van der Waals surface area contributed by atoms with Crippen molar-refractivity contribution < 1.29 is 9.53 Å². The first-order valence-corrected chi connectivity index (χ1v) is 7.00. The Balaban J connectivity index is 1.83. The quantitative estimate of drug-likeness (QED) is 0.914. The molecular formula is C13H13N3O2S. The summed E-state index contributed by atoms with van der Waals surface area (Å²) in [5.41, 5.74) is 4.75. The van der Waals surface area contributed by atoms with E-state index in [-0.39, 0.29) is 5.91 Å². The topological polar surface area (TPSA) is 53.9 Å². The summed E-state index contributed by atoms with van der Waals surface area (Å²) in [6.07, 6.45) is 1.79. The normalized spacial score (nSPS) is 17.5. The van der Waals surface area contributed by atoms with Crippen molar-refractivity contribution in [2.24, 2.45) is 5.10 Å². The van der Waals surface area contributed by atoms with E-state index in [0.29, 0.717) is 17.5 Å². The smallest absolute Gasteiger partial charge is 0.243 e. The molecule has 0 radical (unpaired) electrons. The van der Waals surface area contributed by atoms with Gasteiger partial charge in [0.05, 0.1) is 18.1 Å². The number of rotatable bonds is 3. The molecule has 0 atom stereocenters. The second-order valence-corrected chi connectivity index (χ2v) is 5.00. The predicted molar refractivity (Wildman–Crippen MR) is 75.5 cm³/mol. The first-order chi connectivity index (χ1) is 9.28. The number of ether oxygens (including phenoxy) is 1. The van der Waals surface area contributed by atoms with Gasteiger partial charge in [0, 0.05) is 11.8 Å². The molecule has 2 aliphatic rings. The van der Waals surface area contributed by atoms with Gasteiger partial charge in [0.15, 0.2) is 5.17 Å². The molecule has 0 bridgehead atoms. The Bertz CT molecular complexity index is 566. The van der Waals surface area contributed by atoms with Crippen LogP contribution in [0.4, 0.5) is 0 Å². The SMILES string of the molecule is CCOc1ccc(C2=CN3C(=O)CSC3=NN2)cc1. The summed E-state index contributed by atoms with van der Waals surface area (Å²) in [7, 11) is 0. The highest BCUT2D eigenvalue weighted by Gasteiger charge is 2.29. The highest BCUT2D eigenvalue weighted by atomic mass is 32.2. The number of benzene rings is 1. The minimum Gasteiger partial charge on any atom is -0.494 e. The van der Waals surface area contributed by atoms with Crippen molar-refractivity contribution in [3.63, 3.8) is 0 Å². The molecule has 5 nitrogen and oxygen atoms in total. The Hall–Kier alpha value is -1.95. The number of hydrogen-bond donors (Lipinski definition) is 1. The Morgan fingerprint density at radius 3 is 2.95 bits per heavy atom. The summed E-state index contributed by atoms with van der Waals surface area (Å²) < 4.78 is 5.40. The van der Waals surface area contributed by atoms with Gasteiger partial charge in [-0.05, 0) is 31.2 Å². The van der Waals surface area contributed by atoms with Crippen molar-refractivity contribution in [1.82, 2.24) is 10.3 Å². The maximum absolute atomic E-state index is 11.7. The van der Waals surface area contributed by atoms with Crippen LogP contribution in [0.15, 0.2) is 35.6 Å². The largest absolute Gasteiger partial charge is 0.494 e. The van der Waals surface area contributed by atoms with E-state index in [0.717, 1.165) is 17.0 Å². The third-order valence-electron chi connectivity index (χ3n) is 2.81. The summed E-state index contributed by atoms with van der Waals surface area (Å²) in [6.45, 7) is 2.60. The summed E-state index contributed by atoms with van der Waals surface area (Å²) in [5, 5.41) is 4.90. The van der Waals surface area contributed by atoms with Crippen LogP contribution in [0.25, 0.3) is 5.70 Å². The molecule has 1 N–H and O–H groups in total. The molecule has 3 rings (SSSR count). The van der Waals surface area contributed by atoms with Crippen molar-refractivity contribution in [3.8, 4) is 5.75 Å². The number of amidine groups is 1. The number of thioether (sulfide) groups is 1. The molecule has 1 amide bonds. The van der Waals surface area contributed by atoms with E-state index in [2.05, 4.69) is 10.5 Å². The number of carbonyl (C=O) groups is 1. The van der Waals surface area contributed by atoms with Crippen molar-refractivity contribution in [1.29, 1.82) is 0 Å². The van der Waals surface area contributed by atoms with E-state index < -0.39 is 0 Å². The lowest BCUT2D eigenvalue weighted by molar-refractivity contribution is -0.122. The van der Waals surface area contributed by atoms with Crippen LogP contribution >= 0.6 is 11.8 Å². The standard InChI is InChI=1S/C13H13N3O2S/c1-2-18-10-5-3-9(4-6-10)11-7-16-12(17)8-19-13(16)15-14-11/h3-7,14H,2,8H2,1H3. The van der Waals surface area contributed by atoms with Crippen LogP contribution in [0.3, 0.4) is 0 Å². The van der Waals surface area contributed by atoms with Gasteiger partial charge in [-0.2, -0.15) is 0 Å². The molecule has 0 saturated carbocycles. The molecule has 1 fully saturated rings. The second-order valence-electron chi connectivity index (χ2n) is 4.06. The second kappa shape index (κ2) is 4.97. The molecule has 0 aromatic heterocycles. The molecule has 0 spiro atoms. The van der Waals surface area contributed by atoms with E-state index in [4.69, 9.17) is 4.74 Å². The molecule has 1 aromatic rings.